The molecule has 1 aliphatic heterocycles. The fraction of sp³-hybridized carbons (Fsp3) is 0.250. The Kier molecular flexibility index (Phi) is 3.90. The average molecular weight is 353 g/mol. The molecule has 2 aromatic rings. The van der Waals surface area contributed by atoms with E-state index in [9.17, 15) is 0 Å². The zero-order valence-electron chi connectivity index (χ0n) is 11.1. The van der Waals surface area contributed by atoms with Crippen LogP contribution in [0.3, 0.4) is 0 Å². The topological polar surface area (TPSA) is 21.3 Å². The van der Waals surface area contributed by atoms with Gasteiger partial charge >= 0.3 is 0 Å². The first-order valence-corrected chi connectivity index (χ1v) is 7.74. The number of hydrogen-bond acceptors (Lipinski definition) is 2. The fourth-order valence-corrected chi connectivity index (χ4v) is 2.99. The van der Waals surface area contributed by atoms with Crippen molar-refractivity contribution in [2.45, 2.75) is 19.4 Å². The molecule has 0 amide bonds. The van der Waals surface area contributed by atoms with E-state index in [0.717, 1.165) is 33.9 Å². The summed E-state index contributed by atoms with van der Waals surface area (Å²) in [5.74, 6) is 0.989. The van der Waals surface area contributed by atoms with Crippen LogP contribution in [0.1, 0.15) is 11.1 Å². The van der Waals surface area contributed by atoms with Gasteiger partial charge in [0.1, 0.15) is 11.9 Å². The average Bonchev–Trinajstić information content (AvgIpc) is 2.81. The van der Waals surface area contributed by atoms with Crippen LogP contribution in [0.15, 0.2) is 40.9 Å². The van der Waals surface area contributed by atoms with Gasteiger partial charge in [-0.3, -0.25) is 0 Å². The first-order chi connectivity index (χ1) is 9.61. The largest absolute Gasteiger partial charge is 0.488 e. The number of aryl methyl sites for hydroxylation is 1. The van der Waals surface area contributed by atoms with E-state index in [0.29, 0.717) is 0 Å². The molecule has 0 aromatic heterocycles. The van der Waals surface area contributed by atoms with Crippen LogP contribution in [0.4, 0.5) is 5.69 Å². The number of fused-ring (bicyclic) bond motifs is 1. The highest BCUT2D eigenvalue weighted by atomic mass is 79.9. The second-order valence-electron chi connectivity index (χ2n) is 5.04. The molecule has 0 spiro atoms. The molecule has 3 rings (SSSR count). The van der Waals surface area contributed by atoms with Crippen LogP contribution < -0.4 is 10.1 Å². The summed E-state index contributed by atoms with van der Waals surface area (Å²) in [7, 11) is 0. The molecule has 1 atom stereocenters. The highest BCUT2D eigenvalue weighted by Gasteiger charge is 2.22. The van der Waals surface area contributed by atoms with Crippen LogP contribution in [0.2, 0.25) is 5.02 Å². The van der Waals surface area contributed by atoms with E-state index in [2.05, 4.69) is 34.2 Å². The third-order valence-corrected chi connectivity index (χ3v) is 4.21. The van der Waals surface area contributed by atoms with Crippen molar-refractivity contribution in [3.05, 3.63) is 57.0 Å². The van der Waals surface area contributed by atoms with Gasteiger partial charge in [-0.1, -0.05) is 33.6 Å². The lowest BCUT2D eigenvalue weighted by molar-refractivity contribution is 0.246. The summed E-state index contributed by atoms with van der Waals surface area (Å²) in [4.78, 5) is 0. The van der Waals surface area contributed by atoms with Crippen LogP contribution >= 0.6 is 27.5 Å². The van der Waals surface area contributed by atoms with Crippen molar-refractivity contribution < 1.29 is 4.74 Å². The minimum atomic E-state index is 0.165. The van der Waals surface area contributed by atoms with Gasteiger partial charge in [0.2, 0.25) is 0 Å². The monoisotopic (exact) mass is 351 g/mol. The Labute approximate surface area is 132 Å². The SMILES string of the molecule is Cc1ccc(Cl)cc1NCC1Cc2cc(Br)ccc2O1. The highest BCUT2D eigenvalue weighted by molar-refractivity contribution is 9.10. The maximum absolute atomic E-state index is 6.03. The Morgan fingerprint density at radius 2 is 2.15 bits per heavy atom. The predicted molar refractivity (Wildman–Crippen MR) is 86.9 cm³/mol. The molecule has 4 heteroatoms. The van der Waals surface area contributed by atoms with Crippen LogP contribution in [-0.2, 0) is 6.42 Å². The van der Waals surface area contributed by atoms with Crippen molar-refractivity contribution in [2.75, 3.05) is 11.9 Å². The van der Waals surface area contributed by atoms with Gasteiger partial charge < -0.3 is 10.1 Å². The number of hydrogen-bond donors (Lipinski definition) is 1. The Balaban J connectivity index is 1.65. The first-order valence-electron chi connectivity index (χ1n) is 6.57. The maximum Gasteiger partial charge on any atom is 0.123 e. The van der Waals surface area contributed by atoms with E-state index in [1.54, 1.807) is 0 Å². The molecule has 0 bridgehead atoms. The Morgan fingerprint density at radius 3 is 3.00 bits per heavy atom. The van der Waals surface area contributed by atoms with Crippen molar-refractivity contribution in [3.8, 4) is 5.75 Å². The molecule has 0 radical (unpaired) electrons. The standard InChI is InChI=1S/C16H15BrClNO/c1-10-2-4-13(18)8-15(10)19-9-14-7-11-6-12(17)3-5-16(11)20-14/h2-6,8,14,19H,7,9H2,1H3. The van der Waals surface area contributed by atoms with Crippen molar-refractivity contribution in [3.63, 3.8) is 0 Å². The number of halogens is 2. The van der Waals surface area contributed by atoms with Gasteiger partial charge in [-0.15, -0.1) is 0 Å². The molecular weight excluding hydrogens is 338 g/mol. The molecule has 0 aliphatic carbocycles. The quantitative estimate of drug-likeness (QED) is 0.854. The van der Waals surface area contributed by atoms with Gasteiger partial charge in [-0.05, 0) is 48.4 Å². The molecule has 0 saturated heterocycles. The molecule has 20 heavy (non-hydrogen) atoms. The summed E-state index contributed by atoms with van der Waals surface area (Å²) < 4.78 is 7.03. The molecule has 104 valence electrons. The Bertz CT molecular complexity index is 644. The van der Waals surface area contributed by atoms with Gasteiger partial charge in [0.25, 0.3) is 0 Å². The molecule has 2 aromatic carbocycles. The van der Waals surface area contributed by atoms with Crippen molar-refractivity contribution in [2.24, 2.45) is 0 Å². The van der Waals surface area contributed by atoms with Gasteiger partial charge in [-0.2, -0.15) is 0 Å². The van der Waals surface area contributed by atoms with Gasteiger partial charge in [-0.25, -0.2) is 0 Å². The van der Waals surface area contributed by atoms with Gasteiger partial charge in [0, 0.05) is 21.6 Å². The summed E-state index contributed by atoms with van der Waals surface area (Å²) in [6.07, 6.45) is 1.10. The van der Waals surface area contributed by atoms with Crippen LogP contribution in [0.5, 0.6) is 5.75 Å². The molecule has 0 fully saturated rings. The normalized spacial score (nSPS) is 16.6. The number of rotatable bonds is 3. The molecule has 1 N–H and O–H groups in total. The maximum atomic E-state index is 6.03. The molecule has 2 nitrogen and oxygen atoms in total. The highest BCUT2D eigenvalue weighted by Crippen LogP contribution is 2.31. The molecule has 1 heterocycles. The second kappa shape index (κ2) is 5.66. The van der Waals surface area contributed by atoms with Crippen molar-refractivity contribution in [1.82, 2.24) is 0 Å². The van der Waals surface area contributed by atoms with Crippen LogP contribution in [0, 0.1) is 6.92 Å². The lowest BCUT2D eigenvalue weighted by Crippen LogP contribution is -2.24. The predicted octanol–water partition coefficient (Wildman–Crippen LogP) is 4.83. The number of ether oxygens (including phenoxy) is 1. The first kappa shape index (κ1) is 13.8. The summed E-state index contributed by atoms with van der Waals surface area (Å²) in [6.45, 7) is 2.84. The minimum absolute atomic E-state index is 0.165. The Hall–Kier alpha value is -1.19. The summed E-state index contributed by atoms with van der Waals surface area (Å²) in [5, 5.41) is 4.17. The third kappa shape index (κ3) is 2.94. The Morgan fingerprint density at radius 1 is 1.30 bits per heavy atom. The fourth-order valence-electron chi connectivity index (χ4n) is 2.41. The zero-order chi connectivity index (χ0) is 14.1. The van der Waals surface area contributed by atoms with E-state index in [1.807, 2.05) is 30.3 Å². The minimum Gasteiger partial charge on any atom is -0.488 e. The lowest BCUT2D eigenvalue weighted by atomic mass is 10.1. The number of nitrogens with one attached hydrogen (secondary N) is 1. The van der Waals surface area contributed by atoms with E-state index in [-0.39, 0.29) is 6.10 Å². The van der Waals surface area contributed by atoms with E-state index in [4.69, 9.17) is 16.3 Å². The number of benzene rings is 2. The summed E-state index contributed by atoms with van der Waals surface area (Å²) in [5.41, 5.74) is 3.51. The molecule has 1 aliphatic rings. The molecule has 1 unspecified atom stereocenters. The lowest BCUT2D eigenvalue weighted by Gasteiger charge is -2.14. The number of anilines is 1. The summed E-state index contributed by atoms with van der Waals surface area (Å²) in [6, 6.07) is 12.0. The van der Waals surface area contributed by atoms with Gasteiger partial charge in [0.15, 0.2) is 0 Å². The van der Waals surface area contributed by atoms with E-state index in [1.165, 1.54) is 11.1 Å². The zero-order valence-corrected chi connectivity index (χ0v) is 13.5. The van der Waals surface area contributed by atoms with Gasteiger partial charge in [0.05, 0.1) is 6.54 Å². The van der Waals surface area contributed by atoms with Crippen LogP contribution in [0.25, 0.3) is 0 Å². The third-order valence-electron chi connectivity index (χ3n) is 3.48. The molecular formula is C16H15BrClNO. The van der Waals surface area contributed by atoms with Crippen LogP contribution in [-0.4, -0.2) is 12.6 Å². The van der Waals surface area contributed by atoms with E-state index >= 15 is 0 Å². The van der Waals surface area contributed by atoms with Crippen molar-refractivity contribution in [1.29, 1.82) is 0 Å². The second-order valence-corrected chi connectivity index (χ2v) is 6.39. The summed E-state index contributed by atoms with van der Waals surface area (Å²) >= 11 is 9.52. The van der Waals surface area contributed by atoms with Crippen molar-refractivity contribution >= 4 is 33.2 Å². The van der Waals surface area contributed by atoms with E-state index < -0.39 is 0 Å². The smallest absolute Gasteiger partial charge is 0.123 e. The molecule has 0 saturated carbocycles.